The average molecular weight is 351 g/mol. The monoisotopic (exact) mass is 351 g/mol. The van der Waals surface area contributed by atoms with Crippen molar-refractivity contribution in [2.45, 2.75) is 18.9 Å². The molecule has 2 heterocycles. The van der Waals surface area contributed by atoms with Gasteiger partial charge in [0.05, 0.1) is 6.20 Å². The molecule has 1 amide bonds. The van der Waals surface area contributed by atoms with Crippen molar-refractivity contribution in [3.63, 3.8) is 0 Å². The third-order valence-corrected chi connectivity index (χ3v) is 4.64. The number of likely N-dealkylation sites (tertiary alicyclic amines) is 1. The van der Waals surface area contributed by atoms with E-state index in [1.54, 1.807) is 11.1 Å². The van der Waals surface area contributed by atoms with Crippen molar-refractivity contribution in [1.82, 2.24) is 15.1 Å². The van der Waals surface area contributed by atoms with Crippen LogP contribution in [0.3, 0.4) is 0 Å². The SMILES string of the molecule is O=C(c1ccc(F)cc1)N1CCC(Oc2nncc3ccccc23)CC1. The Morgan fingerprint density at radius 2 is 1.81 bits per heavy atom. The van der Waals surface area contributed by atoms with Crippen LogP contribution in [0.2, 0.25) is 0 Å². The zero-order valence-corrected chi connectivity index (χ0v) is 14.1. The van der Waals surface area contributed by atoms with E-state index < -0.39 is 0 Å². The molecule has 2 aromatic carbocycles. The van der Waals surface area contributed by atoms with Crippen LogP contribution in [0.15, 0.2) is 54.7 Å². The summed E-state index contributed by atoms with van der Waals surface area (Å²) >= 11 is 0. The minimum absolute atomic E-state index is 0.00706. The van der Waals surface area contributed by atoms with Gasteiger partial charge in [0.1, 0.15) is 11.9 Å². The molecule has 5 nitrogen and oxygen atoms in total. The zero-order valence-electron chi connectivity index (χ0n) is 14.1. The summed E-state index contributed by atoms with van der Waals surface area (Å²) in [6, 6.07) is 13.5. The fraction of sp³-hybridized carbons (Fsp3) is 0.250. The summed E-state index contributed by atoms with van der Waals surface area (Å²) in [4.78, 5) is 14.3. The summed E-state index contributed by atoms with van der Waals surface area (Å²) in [6.45, 7) is 1.19. The van der Waals surface area contributed by atoms with Crippen LogP contribution in [0.5, 0.6) is 5.88 Å². The van der Waals surface area contributed by atoms with Gasteiger partial charge in [0.25, 0.3) is 5.91 Å². The van der Waals surface area contributed by atoms with Crippen molar-refractivity contribution in [1.29, 1.82) is 0 Å². The summed E-state index contributed by atoms with van der Waals surface area (Å²) in [5.41, 5.74) is 0.505. The molecule has 1 aliphatic rings. The first-order chi connectivity index (χ1) is 12.7. The molecule has 3 aromatic rings. The van der Waals surface area contributed by atoms with Gasteiger partial charge in [-0.2, -0.15) is 5.10 Å². The van der Waals surface area contributed by atoms with E-state index in [0.717, 1.165) is 23.6 Å². The predicted molar refractivity (Wildman–Crippen MR) is 95.5 cm³/mol. The number of piperidine rings is 1. The molecule has 0 atom stereocenters. The van der Waals surface area contributed by atoms with E-state index in [4.69, 9.17) is 4.74 Å². The fourth-order valence-corrected chi connectivity index (χ4v) is 3.20. The molecule has 0 bridgehead atoms. The van der Waals surface area contributed by atoms with E-state index in [-0.39, 0.29) is 17.8 Å². The molecule has 132 valence electrons. The molecule has 0 unspecified atom stereocenters. The van der Waals surface area contributed by atoms with E-state index >= 15 is 0 Å². The smallest absolute Gasteiger partial charge is 0.253 e. The molecule has 0 N–H and O–H groups in total. The standard InChI is InChI=1S/C20H18FN3O2/c21-16-7-5-14(6-8-16)20(25)24-11-9-17(10-12-24)26-19-18-4-2-1-3-15(18)13-22-23-19/h1-8,13,17H,9-12H2. The third-order valence-electron chi connectivity index (χ3n) is 4.64. The van der Waals surface area contributed by atoms with E-state index in [1.807, 2.05) is 24.3 Å². The lowest BCUT2D eigenvalue weighted by Crippen LogP contribution is -2.41. The molecule has 6 heteroatoms. The molecule has 1 aliphatic heterocycles. The quantitative estimate of drug-likeness (QED) is 0.725. The molecule has 0 spiro atoms. The maximum atomic E-state index is 13.0. The number of ether oxygens (including phenoxy) is 1. The highest BCUT2D eigenvalue weighted by Crippen LogP contribution is 2.25. The second-order valence-corrected chi connectivity index (χ2v) is 6.35. The summed E-state index contributed by atoms with van der Waals surface area (Å²) in [6.07, 6.45) is 3.15. The highest BCUT2D eigenvalue weighted by atomic mass is 19.1. The minimum Gasteiger partial charge on any atom is -0.473 e. The molecule has 1 fully saturated rings. The largest absolute Gasteiger partial charge is 0.473 e. The van der Waals surface area contributed by atoms with Crippen LogP contribution in [0.25, 0.3) is 10.8 Å². The molecule has 1 saturated heterocycles. The summed E-state index contributed by atoms with van der Waals surface area (Å²) in [5.74, 6) is 0.115. The number of hydrogen-bond donors (Lipinski definition) is 0. The Kier molecular flexibility index (Phi) is 4.48. The molecular weight excluding hydrogens is 333 g/mol. The number of carbonyl (C=O) groups is 1. The van der Waals surface area contributed by atoms with Crippen molar-refractivity contribution in [2.24, 2.45) is 0 Å². The van der Waals surface area contributed by atoms with Crippen LogP contribution in [-0.4, -0.2) is 40.2 Å². The Hall–Kier alpha value is -3.02. The highest BCUT2D eigenvalue weighted by molar-refractivity contribution is 5.94. The van der Waals surface area contributed by atoms with Gasteiger partial charge in [-0.05, 0) is 30.3 Å². The first kappa shape index (κ1) is 16.4. The van der Waals surface area contributed by atoms with Crippen LogP contribution >= 0.6 is 0 Å². The van der Waals surface area contributed by atoms with Crippen molar-refractivity contribution >= 4 is 16.7 Å². The Morgan fingerprint density at radius 1 is 1.08 bits per heavy atom. The first-order valence-corrected chi connectivity index (χ1v) is 8.62. The van der Waals surface area contributed by atoms with Crippen LogP contribution in [0.1, 0.15) is 23.2 Å². The van der Waals surface area contributed by atoms with E-state index in [1.165, 1.54) is 24.3 Å². The minimum atomic E-state index is -0.343. The van der Waals surface area contributed by atoms with Crippen molar-refractivity contribution in [3.8, 4) is 5.88 Å². The van der Waals surface area contributed by atoms with Gasteiger partial charge in [0.2, 0.25) is 5.88 Å². The molecule has 4 rings (SSSR count). The third kappa shape index (κ3) is 3.35. The van der Waals surface area contributed by atoms with Gasteiger partial charge >= 0.3 is 0 Å². The Labute approximate surface area is 150 Å². The van der Waals surface area contributed by atoms with E-state index in [0.29, 0.717) is 24.5 Å². The molecular formula is C20H18FN3O2. The molecule has 0 aliphatic carbocycles. The van der Waals surface area contributed by atoms with Crippen LogP contribution in [0.4, 0.5) is 4.39 Å². The average Bonchev–Trinajstić information content (AvgIpc) is 2.69. The number of fused-ring (bicyclic) bond motifs is 1. The second-order valence-electron chi connectivity index (χ2n) is 6.35. The Morgan fingerprint density at radius 3 is 2.58 bits per heavy atom. The lowest BCUT2D eigenvalue weighted by Gasteiger charge is -2.32. The summed E-state index contributed by atoms with van der Waals surface area (Å²) in [5, 5.41) is 10.0. The van der Waals surface area contributed by atoms with Crippen LogP contribution in [-0.2, 0) is 0 Å². The van der Waals surface area contributed by atoms with Crippen LogP contribution < -0.4 is 4.74 Å². The maximum absolute atomic E-state index is 13.0. The number of halogens is 1. The topological polar surface area (TPSA) is 55.3 Å². The van der Waals surface area contributed by atoms with Crippen molar-refractivity contribution in [3.05, 3.63) is 66.1 Å². The number of carbonyl (C=O) groups excluding carboxylic acids is 1. The lowest BCUT2D eigenvalue weighted by atomic mass is 10.1. The van der Waals surface area contributed by atoms with Crippen molar-refractivity contribution in [2.75, 3.05) is 13.1 Å². The summed E-state index contributed by atoms with van der Waals surface area (Å²) in [7, 11) is 0. The maximum Gasteiger partial charge on any atom is 0.253 e. The number of hydrogen-bond acceptors (Lipinski definition) is 4. The van der Waals surface area contributed by atoms with Gasteiger partial charge in [-0.3, -0.25) is 4.79 Å². The number of aromatic nitrogens is 2. The van der Waals surface area contributed by atoms with Crippen LogP contribution in [0, 0.1) is 5.82 Å². The zero-order chi connectivity index (χ0) is 17.9. The Balaban J connectivity index is 1.40. The number of nitrogens with zero attached hydrogens (tertiary/aromatic N) is 3. The fourth-order valence-electron chi connectivity index (χ4n) is 3.20. The van der Waals surface area contributed by atoms with Gasteiger partial charge in [-0.25, -0.2) is 4.39 Å². The predicted octanol–water partition coefficient (Wildman–Crippen LogP) is 3.45. The van der Waals surface area contributed by atoms with Gasteiger partial charge in [0, 0.05) is 42.3 Å². The van der Waals surface area contributed by atoms with E-state index in [2.05, 4.69) is 10.2 Å². The lowest BCUT2D eigenvalue weighted by molar-refractivity contribution is 0.0589. The first-order valence-electron chi connectivity index (χ1n) is 8.62. The molecule has 1 aromatic heterocycles. The highest BCUT2D eigenvalue weighted by Gasteiger charge is 2.25. The van der Waals surface area contributed by atoms with Crippen molar-refractivity contribution < 1.29 is 13.9 Å². The van der Waals surface area contributed by atoms with Gasteiger partial charge in [0.15, 0.2) is 0 Å². The van der Waals surface area contributed by atoms with Gasteiger partial charge in [-0.1, -0.05) is 18.2 Å². The number of benzene rings is 2. The molecule has 0 radical (unpaired) electrons. The number of amides is 1. The summed E-state index contributed by atoms with van der Waals surface area (Å²) < 4.78 is 19.1. The molecule has 0 saturated carbocycles. The van der Waals surface area contributed by atoms with Gasteiger partial charge in [-0.15, -0.1) is 5.10 Å². The number of rotatable bonds is 3. The Bertz CT molecular complexity index is 916. The molecule has 26 heavy (non-hydrogen) atoms. The normalized spacial score (nSPS) is 15.2. The van der Waals surface area contributed by atoms with Gasteiger partial charge < -0.3 is 9.64 Å². The van der Waals surface area contributed by atoms with E-state index in [9.17, 15) is 9.18 Å². The second kappa shape index (κ2) is 7.07.